The lowest BCUT2D eigenvalue weighted by molar-refractivity contribution is -0.135. The monoisotopic (exact) mass is 335 g/mol. The average molecular weight is 335 g/mol. The van der Waals surface area contributed by atoms with Gasteiger partial charge in [-0.2, -0.15) is 0 Å². The highest BCUT2D eigenvalue weighted by molar-refractivity contribution is 8.14. The molecule has 0 bridgehead atoms. The smallest absolute Gasteiger partial charge is 0.289 e. The largest absolute Gasteiger partial charge is 0.482 e. The number of thioether (sulfide) groups is 1. The molecule has 1 aromatic rings. The van der Waals surface area contributed by atoms with Crippen LogP contribution in [0.5, 0.6) is 5.75 Å². The molecule has 3 rings (SSSR count). The minimum absolute atomic E-state index is 0.0339. The Morgan fingerprint density at radius 3 is 2.74 bits per heavy atom. The first-order valence-electron chi connectivity index (χ1n) is 7.44. The zero-order valence-corrected chi connectivity index (χ0v) is 13.3. The van der Waals surface area contributed by atoms with Gasteiger partial charge in [0.25, 0.3) is 11.1 Å². The quantitative estimate of drug-likeness (QED) is 0.821. The van der Waals surface area contributed by atoms with Gasteiger partial charge in [-0.25, -0.2) is 0 Å². The maximum atomic E-state index is 12.2. The zero-order valence-electron chi connectivity index (χ0n) is 12.5. The Balaban J connectivity index is 1.48. The number of amides is 3. The number of aromatic nitrogens is 1. The number of carbonyl (C=O) groups is 3. The van der Waals surface area contributed by atoms with E-state index in [0.717, 1.165) is 11.8 Å². The van der Waals surface area contributed by atoms with E-state index in [-0.39, 0.29) is 35.5 Å². The van der Waals surface area contributed by atoms with Gasteiger partial charge in [-0.3, -0.25) is 24.3 Å². The maximum Gasteiger partial charge on any atom is 0.289 e. The maximum absolute atomic E-state index is 12.2. The van der Waals surface area contributed by atoms with Crippen molar-refractivity contribution < 1.29 is 19.1 Å². The van der Waals surface area contributed by atoms with Crippen molar-refractivity contribution in [2.45, 2.75) is 18.9 Å². The summed E-state index contributed by atoms with van der Waals surface area (Å²) in [4.78, 5) is 42.6. The van der Waals surface area contributed by atoms with Crippen molar-refractivity contribution in [2.75, 3.05) is 25.4 Å². The lowest BCUT2D eigenvalue weighted by Crippen LogP contribution is -2.49. The van der Waals surface area contributed by atoms with Gasteiger partial charge in [0.05, 0.1) is 11.9 Å². The number of hydrogen-bond donors (Lipinski definition) is 0. The third kappa shape index (κ3) is 3.64. The molecular formula is C15H17N3O4S. The fraction of sp³-hybridized carbons (Fsp3) is 0.467. The Hall–Kier alpha value is -2.09. The van der Waals surface area contributed by atoms with Crippen LogP contribution in [-0.4, -0.2) is 63.3 Å². The van der Waals surface area contributed by atoms with Crippen LogP contribution in [0.1, 0.15) is 12.8 Å². The number of hydrogen-bond acceptors (Lipinski definition) is 6. The lowest BCUT2D eigenvalue weighted by Gasteiger charge is -2.35. The first-order valence-corrected chi connectivity index (χ1v) is 8.43. The second-order valence-electron chi connectivity index (χ2n) is 5.41. The molecule has 0 radical (unpaired) electrons. The lowest BCUT2D eigenvalue weighted by atomic mass is 10.0. The number of imide groups is 1. The summed E-state index contributed by atoms with van der Waals surface area (Å²) in [6.45, 7) is 1.02. The number of rotatable bonds is 4. The van der Waals surface area contributed by atoms with Gasteiger partial charge < -0.3 is 9.64 Å². The molecule has 2 saturated heterocycles. The summed E-state index contributed by atoms with van der Waals surface area (Å²) in [5, 5.41) is -0.167. The summed E-state index contributed by atoms with van der Waals surface area (Å²) in [6.07, 6.45) is 4.44. The van der Waals surface area contributed by atoms with Crippen molar-refractivity contribution in [3.05, 3.63) is 24.5 Å². The predicted octanol–water partition coefficient (Wildman–Crippen LogP) is 1.15. The molecule has 0 aromatic carbocycles. The van der Waals surface area contributed by atoms with Gasteiger partial charge >= 0.3 is 0 Å². The summed E-state index contributed by atoms with van der Waals surface area (Å²) < 4.78 is 5.41. The van der Waals surface area contributed by atoms with Gasteiger partial charge in [-0.05, 0) is 25.0 Å². The number of carbonyl (C=O) groups excluding carboxylic acids is 3. The molecule has 0 saturated carbocycles. The normalized spacial score (nSPS) is 19.3. The van der Waals surface area contributed by atoms with E-state index >= 15 is 0 Å². The van der Waals surface area contributed by atoms with Gasteiger partial charge in [-0.15, -0.1) is 0 Å². The molecule has 0 spiro atoms. The third-order valence-corrected chi connectivity index (χ3v) is 4.80. The SMILES string of the molecule is O=C(COc1cccnc1)N1CCC(N2C(=O)CSC2=O)CC1. The van der Waals surface area contributed by atoms with E-state index in [4.69, 9.17) is 4.74 Å². The van der Waals surface area contributed by atoms with Gasteiger partial charge in [-0.1, -0.05) is 11.8 Å². The van der Waals surface area contributed by atoms with Crippen LogP contribution < -0.4 is 4.74 Å². The number of likely N-dealkylation sites (tertiary alicyclic amines) is 1. The first kappa shape index (κ1) is 15.8. The van der Waals surface area contributed by atoms with E-state index in [9.17, 15) is 14.4 Å². The molecule has 23 heavy (non-hydrogen) atoms. The van der Waals surface area contributed by atoms with Crippen LogP contribution in [0.25, 0.3) is 0 Å². The second-order valence-corrected chi connectivity index (χ2v) is 6.33. The third-order valence-electron chi connectivity index (χ3n) is 3.96. The number of pyridine rings is 1. The Morgan fingerprint density at radius 2 is 2.13 bits per heavy atom. The van der Waals surface area contributed by atoms with Crippen LogP contribution >= 0.6 is 11.8 Å². The molecule has 0 atom stereocenters. The molecule has 122 valence electrons. The summed E-state index contributed by atoms with van der Waals surface area (Å²) >= 11 is 1.05. The summed E-state index contributed by atoms with van der Waals surface area (Å²) in [5.74, 6) is 0.572. The number of nitrogens with zero attached hydrogens (tertiary/aromatic N) is 3. The highest BCUT2D eigenvalue weighted by Gasteiger charge is 2.37. The van der Waals surface area contributed by atoms with Crippen LogP contribution in [0, 0.1) is 0 Å². The Morgan fingerprint density at radius 1 is 1.35 bits per heavy atom. The van der Waals surface area contributed by atoms with E-state index < -0.39 is 0 Å². The van der Waals surface area contributed by atoms with Crippen LogP contribution in [0.15, 0.2) is 24.5 Å². The molecule has 8 heteroatoms. The van der Waals surface area contributed by atoms with E-state index in [1.165, 1.54) is 4.90 Å². The zero-order chi connectivity index (χ0) is 16.2. The van der Waals surface area contributed by atoms with Crippen LogP contribution in [0.3, 0.4) is 0 Å². The molecule has 3 heterocycles. The minimum Gasteiger partial charge on any atom is -0.482 e. The summed E-state index contributed by atoms with van der Waals surface area (Å²) in [7, 11) is 0. The predicted molar refractivity (Wildman–Crippen MR) is 84.0 cm³/mol. The molecular weight excluding hydrogens is 318 g/mol. The van der Waals surface area contributed by atoms with Gasteiger partial charge in [0.1, 0.15) is 5.75 Å². The highest BCUT2D eigenvalue weighted by Crippen LogP contribution is 2.26. The van der Waals surface area contributed by atoms with Crippen molar-refractivity contribution >= 4 is 28.8 Å². The topological polar surface area (TPSA) is 79.8 Å². The van der Waals surface area contributed by atoms with Crippen molar-refractivity contribution in [1.82, 2.24) is 14.8 Å². The molecule has 7 nitrogen and oxygen atoms in total. The molecule has 2 fully saturated rings. The molecule has 3 amide bonds. The van der Waals surface area contributed by atoms with Crippen molar-refractivity contribution in [3.63, 3.8) is 0 Å². The molecule has 0 aliphatic carbocycles. The van der Waals surface area contributed by atoms with E-state index in [1.54, 1.807) is 29.4 Å². The van der Waals surface area contributed by atoms with Gasteiger partial charge in [0.15, 0.2) is 6.61 Å². The van der Waals surface area contributed by atoms with Crippen LogP contribution in [-0.2, 0) is 9.59 Å². The highest BCUT2D eigenvalue weighted by atomic mass is 32.2. The molecule has 0 unspecified atom stereocenters. The first-order chi connectivity index (χ1) is 11.1. The summed E-state index contributed by atoms with van der Waals surface area (Å²) in [5.41, 5.74) is 0. The van der Waals surface area contributed by atoms with Crippen LogP contribution in [0.4, 0.5) is 4.79 Å². The number of ether oxygens (including phenoxy) is 1. The van der Waals surface area contributed by atoms with Gasteiger partial charge in [0, 0.05) is 25.3 Å². The van der Waals surface area contributed by atoms with Gasteiger partial charge in [0.2, 0.25) is 5.91 Å². The molecule has 1 aromatic heterocycles. The van der Waals surface area contributed by atoms with E-state index in [1.807, 2.05) is 0 Å². The van der Waals surface area contributed by atoms with Crippen LogP contribution in [0.2, 0.25) is 0 Å². The van der Waals surface area contributed by atoms with Crippen molar-refractivity contribution in [2.24, 2.45) is 0 Å². The standard InChI is InChI=1S/C15H17N3O4S/c19-13(9-22-12-2-1-5-16-8-12)17-6-3-11(4-7-17)18-14(20)10-23-15(18)21/h1-2,5,8,11H,3-4,6-7,9-10H2. The average Bonchev–Trinajstić information content (AvgIpc) is 2.92. The molecule has 0 N–H and O–H groups in total. The van der Waals surface area contributed by atoms with E-state index in [2.05, 4.69) is 4.98 Å². The Kier molecular flexibility index (Phi) is 4.80. The Labute approximate surface area is 138 Å². The number of piperidine rings is 1. The molecule has 2 aliphatic heterocycles. The van der Waals surface area contributed by atoms with Crippen molar-refractivity contribution in [1.29, 1.82) is 0 Å². The minimum atomic E-state index is -0.167. The summed E-state index contributed by atoms with van der Waals surface area (Å²) in [6, 6.07) is 3.40. The fourth-order valence-electron chi connectivity index (χ4n) is 2.76. The Bertz CT molecular complexity index is 586. The second kappa shape index (κ2) is 6.99. The van der Waals surface area contributed by atoms with Crippen molar-refractivity contribution in [3.8, 4) is 5.75 Å². The molecule has 2 aliphatic rings. The fourth-order valence-corrected chi connectivity index (χ4v) is 3.54. The van der Waals surface area contributed by atoms with E-state index in [0.29, 0.717) is 31.7 Å².